The Morgan fingerprint density at radius 1 is 1.10 bits per heavy atom. The summed E-state index contributed by atoms with van der Waals surface area (Å²) < 4.78 is 7.00. The summed E-state index contributed by atoms with van der Waals surface area (Å²) in [6.45, 7) is 5.28. The maximum Gasteiger partial charge on any atom is 0.367 e. The minimum Gasteiger partial charge on any atom is -0.458 e. The van der Waals surface area contributed by atoms with Crippen LogP contribution in [-0.4, -0.2) is 51.9 Å². The number of hydrogen-bond acceptors (Lipinski definition) is 4. The number of rotatable bonds is 11. The van der Waals surface area contributed by atoms with Crippen molar-refractivity contribution in [3.8, 4) is 0 Å². The van der Waals surface area contributed by atoms with E-state index in [-0.39, 0.29) is 5.30 Å². The molecule has 30 heavy (non-hydrogen) atoms. The summed E-state index contributed by atoms with van der Waals surface area (Å²) >= 11 is 1.22. The average Bonchev–Trinajstić information content (AvgIpc) is 2.73. The highest BCUT2D eigenvalue weighted by Gasteiger charge is 2.06. The molecule has 1 aromatic heterocycles. The predicted octanol–water partition coefficient (Wildman–Crippen LogP) is 3.01. The number of nitrogens with one attached hydrogen (secondary N) is 1. The molecular formula is C24H35N3O2S+2. The molecule has 1 aromatic carbocycles. The molecule has 0 amide bonds. The van der Waals surface area contributed by atoms with Crippen LogP contribution in [0.3, 0.4) is 0 Å². The SMILES string of the molecule is CCOC(=O)SCC[n+]1ccc(/C=C/c2ccc(N(C)CCC[NH+](C)C)cc2)cc1. The van der Waals surface area contributed by atoms with E-state index < -0.39 is 0 Å². The summed E-state index contributed by atoms with van der Waals surface area (Å²) in [5.74, 6) is 0.704. The van der Waals surface area contributed by atoms with Gasteiger partial charge in [-0.05, 0) is 41.9 Å². The zero-order valence-corrected chi connectivity index (χ0v) is 19.5. The molecule has 5 nitrogen and oxygen atoms in total. The number of anilines is 1. The van der Waals surface area contributed by atoms with Crippen LogP contribution in [0.25, 0.3) is 12.2 Å². The number of hydrogen-bond donors (Lipinski definition) is 1. The molecule has 0 fully saturated rings. The summed E-state index contributed by atoms with van der Waals surface area (Å²) in [6, 6.07) is 12.9. The first-order valence-corrected chi connectivity index (χ1v) is 11.5. The van der Waals surface area contributed by atoms with Gasteiger partial charge in [0.2, 0.25) is 0 Å². The Balaban J connectivity index is 1.81. The molecule has 6 heteroatoms. The Bertz CT molecular complexity index is 789. The molecule has 162 valence electrons. The second-order valence-electron chi connectivity index (χ2n) is 7.56. The molecule has 0 aliphatic heterocycles. The normalized spacial score (nSPS) is 11.2. The standard InChI is InChI=1S/C24H34N3O2S/c1-5-29-24(28)30-20-19-27-17-13-22(14-18-27)8-7-21-9-11-23(12-10-21)26(4)16-6-15-25(2)3/h7-14,17-18H,5-6,15-16,19-20H2,1-4H3/q+1/p+1. The maximum absolute atomic E-state index is 11.4. The van der Waals surface area contributed by atoms with Gasteiger partial charge in [-0.25, -0.2) is 9.36 Å². The fourth-order valence-electron chi connectivity index (χ4n) is 2.95. The van der Waals surface area contributed by atoms with E-state index in [0.717, 1.165) is 18.7 Å². The van der Waals surface area contributed by atoms with Crippen LogP contribution in [0.1, 0.15) is 24.5 Å². The van der Waals surface area contributed by atoms with Crippen molar-refractivity contribution in [1.82, 2.24) is 0 Å². The third kappa shape index (κ3) is 9.01. The fraction of sp³-hybridized carbons (Fsp3) is 0.417. The molecule has 0 atom stereocenters. The first-order valence-electron chi connectivity index (χ1n) is 10.5. The molecule has 0 spiro atoms. The lowest BCUT2D eigenvalue weighted by Crippen LogP contribution is -3.05. The van der Waals surface area contributed by atoms with Gasteiger partial charge < -0.3 is 14.5 Å². The van der Waals surface area contributed by atoms with Gasteiger partial charge in [-0.3, -0.25) is 0 Å². The molecule has 0 radical (unpaired) electrons. The van der Waals surface area contributed by atoms with E-state index in [2.05, 4.69) is 79.2 Å². The van der Waals surface area contributed by atoms with E-state index in [9.17, 15) is 4.79 Å². The number of carbonyl (C=O) groups is 1. The molecular weight excluding hydrogens is 394 g/mol. The number of aryl methyl sites for hydroxylation is 1. The summed E-state index contributed by atoms with van der Waals surface area (Å²) in [5, 5.41) is -0.204. The number of pyridine rings is 1. The Morgan fingerprint density at radius 3 is 2.33 bits per heavy atom. The van der Waals surface area contributed by atoms with E-state index in [1.165, 1.54) is 40.9 Å². The Labute approximate surface area is 185 Å². The second-order valence-corrected chi connectivity index (χ2v) is 8.59. The van der Waals surface area contributed by atoms with Gasteiger partial charge in [-0.15, -0.1) is 0 Å². The van der Waals surface area contributed by atoms with Gasteiger partial charge in [0, 0.05) is 37.8 Å². The minimum absolute atomic E-state index is 0.204. The summed E-state index contributed by atoms with van der Waals surface area (Å²) in [7, 11) is 6.54. The van der Waals surface area contributed by atoms with Crippen molar-refractivity contribution in [1.29, 1.82) is 0 Å². The van der Waals surface area contributed by atoms with Crippen molar-refractivity contribution in [3.05, 3.63) is 59.9 Å². The fourth-order valence-corrected chi connectivity index (χ4v) is 3.62. The van der Waals surface area contributed by atoms with Crippen LogP contribution in [0.4, 0.5) is 10.5 Å². The van der Waals surface area contributed by atoms with Crippen LogP contribution in [0, 0.1) is 0 Å². The van der Waals surface area contributed by atoms with Crippen molar-refractivity contribution in [3.63, 3.8) is 0 Å². The van der Waals surface area contributed by atoms with Crippen molar-refractivity contribution >= 4 is 34.9 Å². The number of thioether (sulfide) groups is 1. The maximum atomic E-state index is 11.4. The molecule has 0 saturated heterocycles. The van der Waals surface area contributed by atoms with E-state index in [1.54, 1.807) is 0 Å². The average molecular weight is 430 g/mol. The van der Waals surface area contributed by atoms with Gasteiger partial charge in [0.25, 0.3) is 0 Å². The first-order chi connectivity index (χ1) is 14.5. The summed E-state index contributed by atoms with van der Waals surface area (Å²) in [4.78, 5) is 15.2. The van der Waals surface area contributed by atoms with Crippen molar-refractivity contribution in [2.45, 2.75) is 19.9 Å². The van der Waals surface area contributed by atoms with Crippen molar-refractivity contribution in [2.75, 3.05) is 51.5 Å². The van der Waals surface area contributed by atoms with Crippen LogP contribution in [0.2, 0.25) is 0 Å². The van der Waals surface area contributed by atoms with Gasteiger partial charge >= 0.3 is 5.30 Å². The second kappa shape index (κ2) is 13.1. The molecule has 0 aliphatic carbocycles. The number of quaternary nitrogens is 1. The molecule has 2 rings (SSSR count). The monoisotopic (exact) mass is 429 g/mol. The molecule has 2 aromatic rings. The zero-order chi connectivity index (χ0) is 21.8. The number of ether oxygens (including phenoxy) is 1. The highest BCUT2D eigenvalue weighted by molar-refractivity contribution is 8.13. The third-order valence-corrected chi connectivity index (χ3v) is 5.46. The van der Waals surface area contributed by atoms with E-state index >= 15 is 0 Å². The largest absolute Gasteiger partial charge is 0.458 e. The van der Waals surface area contributed by atoms with E-state index in [4.69, 9.17) is 4.74 Å². The number of benzene rings is 1. The molecule has 1 heterocycles. The lowest BCUT2D eigenvalue weighted by atomic mass is 10.1. The van der Waals surface area contributed by atoms with Crippen LogP contribution < -0.4 is 14.4 Å². The molecule has 1 N–H and O–H groups in total. The van der Waals surface area contributed by atoms with Gasteiger partial charge in [0.05, 0.1) is 33.0 Å². The van der Waals surface area contributed by atoms with Crippen LogP contribution in [0.15, 0.2) is 48.8 Å². The van der Waals surface area contributed by atoms with Crippen LogP contribution in [0.5, 0.6) is 0 Å². The Kier molecular flexibility index (Phi) is 10.5. The van der Waals surface area contributed by atoms with Crippen LogP contribution in [-0.2, 0) is 11.3 Å². The zero-order valence-electron chi connectivity index (χ0n) is 18.6. The van der Waals surface area contributed by atoms with Crippen LogP contribution >= 0.6 is 11.8 Å². The van der Waals surface area contributed by atoms with Crippen molar-refractivity contribution in [2.24, 2.45) is 0 Å². The van der Waals surface area contributed by atoms with Gasteiger partial charge in [-0.1, -0.05) is 24.3 Å². The van der Waals surface area contributed by atoms with Crippen molar-refractivity contribution < 1.29 is 19.0 Å². The summed E-state index contributed by atoms with van der Waals surface area (Å²) in [6.07, 6.45) is 9.53. The molecule has 0 saturated carbocycles. The van der Waals surface area contributed by atoms with Gasteiger partial charge in [-0.2, -0.15) is 0 Å². The summed E-state index contributed by atoms with van der Waals surface area (Å²) in [5.41, 5.74) is 3.59. The molecule has 0 bridgehead atoms. The number of carbonyl (C=O) groups excluding carboxylic acids is 1. The lowest BCUT2D eigenvalue weighted by molar-refractivity contribution is -0.858. The lowest BCUT2D eigenvalue weighted by Gasteiger charge is -2.19. The first kappa shape index (κ1) is 24.0. The predicted molar refractivity (Wildman–Crippen MR) is 127 cm³/mol. The Hall–Kier alpha value is -2.31. The number of nitrogens with zero attached hydrogens (tertiary/aromatic N) is 2. The Morgan fingerprint density at radius 2 is 1.73 bits per heavy atom. The third-order valence-electron chi connectivity index (χ3n) is 4.72. The number of aromatic nitrogens is 1. The highest BCUT2D eigenvalue weighted by Crippen LogP contribution is 2.16. The highest BCUT2D eigenvalue weighted by atomic mass is 32.2. The van der Waals surface area contributed by atoms with E-state index in [1.807, 2.05) is 19.3 Å². The topological polar surface area (TPSA) is 37.9 Å². The smallest absolute Gasteiger partial charge is 0.367 e. The van der Waals surface area contributed by atoms with E-state index in [0.29, 0.717) is 12.4 Å². The quantitative estimate of drug-likeness (QED) is 0.440. The van der Waals surface area contributed by atoms with Gasteiger partial charge in [0.15, 0.2) is 18.9 Å². The molecule has 0 aliphatic rings. The molecule has 0 unspecified atom stereocenters. The van der Waals surface area contributed by atoms with Gasteiger partial charge in [0.1, 0.15) is 0 Å². The minimum atomic E-state index is -0.204.